The van der Waals surface area contributed by atoms with Crippen molar-refractivity contribution >= 4 is 11.8 Å². The number of hydrogen-bond donors (Lipinski definition) is 2. The first-order valence-corrected chi connectivity index (χ1v) is 5.63. The monoisotopic (exact) mass is 208 g/mol. The van der Waals surface area contributed by atoms with Crippen molar-refractivity contribution in [2.45, 2.75) is 29.9 Å². The van der Waals surface area contributed by atoms with Crippen LogP contribution in [0.15, 0.2) is 0 Å². The van der Waals surface area contributed by atoms with Crippen LogP contribution in [0.1, 0.15) is 6.42 Å². The fourth-order valence-corrected chi connectivity index (χ4v) is 2.77. The van der Waals surface area contributed by atoms with E-state index in [1.54, 1.807) is 0 Å². The van der Waals surface area contributed by atoms with Gasteiger partial charge in [-0.2, -0.15) is 11.8 Å². The Hall–Kier alpha value is 0.160. The van der Waals surface area contributed by atoms with Gasteiger partial charge in [-0.25, -0.2) is 4.39 Å². The second-order valence-corrected chi connectivity index (χ2v) is 4.66. The van der Waals surface area contributed by atoms with Crippen molar-refractivity contribution in [1.29, 1.82) is 0 Å². The van der Waals surface area contributed by atoms with E-state index < -0.39 is 23.5 Å². The molecule has 1 saturated carbocycles. The Balaban J connectivity index is 2.15. The highest BCUT2D eigenvalue weighted by Gasteiger charge is 2.74. The van der Waals surface area contributed by atoms with Crippen LogP contribution in [0.3, 0.4) is 0 Å². The number of halogens is 1. The van der Waals surface area contributed by atoms with E-state index in [9.17, 15) is 9.50 Å². The second kappa shape index (κ2) is 2.82. The van der Waals surface area contributed by atoms with E-state index in [1.165, 1.54) is 11.8 Å². The Morgan fingerprint density at radius 3 is 2.77 bits per heavy atom. The maximum Gasteiger partial charge on any atom is 0.168 e. The molecule has 1 saturated heterocycles. The van der Waals surface area contributed by atoms with Crippen LogP contribution in [0.5, 0.6) is 0 Å². The van der Waals surface area contributed by atoms with Gasteiger partial charge in [0.15, 0.2) is 5.67 Å². The molecule has 0 radical (unpaired) electrons. The Morgan fingerprint density at radius 2 is 2.38 bits per heavy atom. The van der Waals surface area contributed by atoms with Gasteiger partial charge in [0.1, 0.15) is 11.7 Å². The summed E-state index contributed by atoms with van der Waals surface area (Å²) in [5.74, 6) is 0.423. The molecule has 76 valence electrons. The standard InChI is InChI=1S/C8H13FO3S/c1-13-4-7(3-10)6(11)8(9)2-5(8)12-7/h5-6,10-11H,2-4H2,1H3/t5-,6+,7-,8+/m0/s1. The third-order valence-corrected chi connectivity index (χ3v) is 3.64. The van der Waals surface area contributed by atoms with Crippen LogP contribution in [-0.2, 0) is 4.74 Å². The van der Waals surface area contributed by atoms with Crippen LogP contribution in [0, 0.1) is 0 Å². The van der Waals surface area contributed by atoms with Gasteiger partial charge in [0, 0.05) is 12.2 Å². The normalized spacial score (nSPS) is 53.5. The summed E-state index contributed by atoms with van der Waals surface area (Å²) in [4.78, 5) is 0. The summed E-state index contributed by atoms with van der Waals surface area (Å²) in [5.41, 5.74) is -2.66. The van der Waals surface area contributed by atoms with Crippen molar-refractivity contribution in [3.63, 3.8) is 0 Å². The minimum Gasteiger partial charge on any atom is -0.393 e. The summed E-state index contributed by atoms with van der Waals surface area (Å²) in [7, 11) is 0. The number of aliphatic hydroxyl groups is 2. The van der Waals surface area contributed by atoms with Gasteiger partial charge >= 0.3 is 0 Å². The topological polar surface area (TPSA) is 49.7 Å². The number of fused-ring (bicyclic) bond motifs is 1. The predicted octanol–water partition coefficient (Wildman–Crippen LogP) is -0.0478. The molecule has 1 aliphatic heterocycles. The molecule has 0 amide bonds. The first kappa shape index (κ1) is 9.71. The summed E-state index contributed by atoms with van der Waals surface area (Å²) < 4.78 is 18.9. The number of hydrogen-bond acceptors (Lipinski definition) is 4. The average Bonchev–Trinajstić information content (AvgIpc) is 2.70. The molecule has 1 aliphatic carbocycles. The highest BCUT2D eigenvalue weighted by molar-refractivity contribution is 7.98. The molecule has 1 heterocycles. The Bertz CT molecular complexity index is 227. The zero-order chi connectivity index (χ0) is 9.69. The summed E-state index contributed by atoms with van der Waals surface area (Å²) in [5, 5.41) is 18.8. The molecule has 13 heavy (non-hydrogen) atoms. The van der Waals surface area contributed by atoms with E-state index in [-0.39, 0.29) is 13.0 Å². The van der Waals surface area contributed by atoms with E-state index in [0.717, 1.165) is 0 Å². The van der Waals surface area contributed by atoms with Crippen molar-refractivity contribution in [3.8, 4) is 0 Å². The third kappa shape index (κ3) is 1.14. The predicted molar refractivity (Wildman–Crippen MR) is 47.5 cm³/mol. The maximum absolute atomic E-state index is 13.6. The SMILES string of the molecule is CSC[C@]1(CO)O[C@H]2C[C@]2(F)[C@@H]1O. The molecule has 0 spiro atoms. The van der Waals surface area contributed by atoms with Gasteiger partial charge in [0.25, 0.3) is 0 Å². The highest BCUT2D eigenvalue weighted by Crippen LogP contribution is 2.57. The molecule has 4 atom stereocenters. The summed E-state index contributed by atoms with van der Waals surface area (Å²) in [6.45, 7) is -0.322. The van der Waals surface area contributed by atoms with Gasteiger partial charge in [-0.1, -0.05) is 0 Å². The minimum absolute atomic E-state index is 0.268. The average molecular weight is 208 g/mol. The lowest BCUT2D eigenvalue weighted by Crippen LogP contribution is -2.50. The van der Waals surface area contributed by atoms with Gasteiger partial charge in [0.2, 0.25) is 0 Å². The Morgan fingerprint density at radius 1 is 1.69 bits per heavy atom. The lowest BCUT2D eigenvalue weighted by atomic mass is 9.96. The maximum atomic E-state index is 13.6. The number of ether oxygens (including phenoxy) is 1. The van der Waals surface area contributed by atoms with Crippen molar-refractivity contribution in [2.75, 3.05) is 18.6 Å². The Labute approximate surface area is 80.3 Å². The molecule has 0 aromatic carbocycles. The van der Waals surface area contributed by atoms with Gasteiger partial charge < -0.3 is 14.9 Å². The number of thioether (sulfide) groups is 1. The number of alkyl halides is 1. The molecule has 0 bridgehead atoms. The van der Waals surface area contributed by atoms with Crippen LogP contribution in [0.4, 0.5) is 4.39 Å². The molecular formula is C8H13FO3S. The molecule has 3 nitrogen and oxygen atoms in total. The van der Waals surface area contributed by atoms with Crippen LogP contribution in [0.2, 0.25) is 0 Å². The van der Waals surface area contributed by atoms with Gasteiger partial charge in [-0.15, -0.1) is 0 Å². The van der Waals surface area contributed by atoms with E-state index in [0.29, 0.717) is 5.75 Å². The molecule has 2 aliphatic rings. The summed E-state index contributed by atoms with van der Waals surface area (Å²) >= 11 is 1.44. The van der Waals surface area contributed by atoms with Gasteiger partial charge in [-0.3, -0.25) is 0 Å². The lowest BCUT2D eigenvalue weighted by Gasteiger charge is -2.31. The van der Waals surface area contributed by atoms with Crippen LogP contribution < -0.4 is 0 Å². The minimum atomic E-state index is -1.58. The molecule has 0 aromatic heterocycles. The molecule has 2 fully saturated rings. The fourth-order valence-electron chi connectivity index (χ4n) is 1.96. The Kier molecular flexibility index (Phi) is 2.11. The lowest BCUT2D eigenvalue weighted by molar-refractivity contribution is -0.107. The van der Waals surface area contributed by atoms with E-state index in [2.05, 4.69) is 0 Å². The third-order valence-electron chi connectivity index (χ3n) is 2.86. The molecule has 0 aromatic rings. The largest absolute Gasteiger partial charge is 0.393 e. The summed E-state index contributed by atoms with van der Waals surface area (Å²) in [6, 6.07) is 0. The van der Waals surface area contributed by atoms with E-state index >= 15 is 0 Å². The van der Waals surface area contributed by atoms with Crippen molar-refractivity contribution < 1.29 is 19.3 Å². The molecule has 0 unspecified atom stereocenters. The van der Waals surface area contributed by atoms with Gasteiger partial charge in [0.05, 0.1) is 12.7 Å². The van der Waals surface area contributed by atoms with Crippen LogP contribution >= 0.6 is 11.8 Å². The first-order chi connectivity index (χ1) is 6.09. The fraction of sp³-hybridized carbons (Fsp3) is 1.00. The van der Waals surface area contributed by atoms with Crippen molar-refractivity contribution in [2.24, 2.45) is 0 Å². The van der Waals surface area contributed by atoms with Crippen molar-refractivity contribution in [3.05, 3.63) is 0 Å². The molecule has 5 heteroatoms. The smallest absolute Gasteiger partial charge is 0.168 e. The molecule has 2 N–H and O–H groups in total. The van der Waals surface area contributed by atoms with E-state index in [1.807, 2.05) is 6.26 Å². The van der Waals surface area contributed by atoms with Gasteiger partial charge in [-0.05, 0) is 6.26 Å². The zero-order valence-corrected chi connectivity index (χ0v) is 8.18. The first-order valence-electron chi connectivity index (χ1n) is 4.24. The van der Waals surface area contributed by atoms with Crippen LogP contribution in [-0.4, -0.2) is 52.3 Å². The number of rotatable bonds is 3. The van der Waals surface area contributed by atoms with Crippen LogP contribution in [0.25, 0.3) is 0 Å². The van der Waals surface area contributed by atoms with Crippen molar-refractivity contribution in [1.82, 2.24) is 0 Å². The van der Waals surface area contributed by atoms with E-state index in [4.69, 9.17) is 9.84 Å². The quantitative estimate of drug-likeness (QED) is 0.683. The summed E-state index contributed by atoms with van der Waals surface area (Å²) in [6.07, 6.45) is 0.427. The number of aliphatic hydroxyl groups excluding tert-OH is 2. The zero-order valence-electron chi connectivity index (χ0n) is 7.36. The highest BCUT2D eigenvalue weighted by atomic mass is 32.2. The molecule has 2 rings (SSSR count). The molecular weight excluding hydrogens is 195 g/mol. The second-order valence-electron chi connectivity index (χ2n) is 3.80.